The number of fused-ring (bicyclic) bond motifs is 1. The molecule has 0 saturated carbocycles. The van der Waals surface area contributed by atoms with Crippen molar-refractivity contribution in [3.63, 3.8) is 0 Å². The predicted octanol–water partition coefficient (Wildman–Crippen LogP) is 5.94. The lowest BCUT2D eigenvalue weighted by atomic mass is 10.1. The van der Waals surface area contributed by atoms with Crippen molar-refractivity contribution in [3.05, 3.63) is 64.1 Å². The van der Waals surface area contributed by atoms with Crippen molar-refractivity contribution in [1.29, 1.82) is 0 Å². The van der Waals surface area contributed by atoms with Gasteiger partial charge in [-0.05, 0) is 89.4 Å². The number of nitrogens with zero attached hydrogens (tertiary/aromatic N) is 4. The van der Waals surface area contributed by atoms with E-state index in [1.54, 1.807) is 75.0 Å². The second-order valence-electron chi connectivity index (χ2n) is 12.3. The van der Waals surface area contributed by atoms with Crippen molar-refractivity contribution in [1.82, 2.24) is 25.2 Å². The Bertz CT molecular complexity index is 1790. The quantitative estimate of drug-likeness (QED) is 0.200. The molecule has 1 aliphatic heterocycles. The first kappa shape index (κ1) is 33.6. The van der Waals surface area contributed by atoms with E-state index in [2.05, 4.69) is 15.6 Å². The molecule has 2 amide bonds. The number of ether oxygens (including phenoxy) is 3. The van der Waals surface area contributed by atoms with Crippen LogP contribution in [0, 0.1) is 0 Å². The Morgan fingerprint density at radius 2 is 1.85 bits per heavy atom. The van der Waals surface area contributed by atoms with E-state index < -0.39 is 23.9 Å². The third-order valence-corrected chi connectivity index (χ3v) is 7.41. The summed E-state index contributed by atoms with van der Waals surface area (Å²) < 4.78 is 18.8. The normalized spacial score (nSPS) is 15.0. The highest BCUT2D eigenvalue weighted by molar-refractivity contribution is 5.99. The summed E-state index contributed by atoms with van der Waals surface area (Å²) in [5.74, 6) is 0.301. The molecule has 13 nitrogen and oxygen atoms in total. The summed E-state index contributed by atoms with van der Waals surface area (Å²) in [6, 6.07) is 11.6. The lowest BCUT2D eigenvalue weighted by Crippen LogP contribution is -2.34. The molecule has 0 radical (unpaired) electrons. The number of carbonyl (C=O) groups is 2. The zero-order valence-corrected chi connectivity index (χ0v) is 27.7. The minimum atomic E-state index is -0.796. The van der Waals surface area contributed by atoms with Gasteiger partial charge < -0.3 is 19.2 Å². The SMILES string of the molecule is CCCc1nn(C)c2c(=O)[nH]c(-c3cc(N(C(=O)OC(C)(C)C)c4ccc(C(=O)NOC5CCCCO5)cc4)ccc3OCC)nc12. The number of H-pyrrole nitrogens is 1. The average Bonchev–Trinajstić information content (AvgIpc) is 3.36. The summed E-state index contributed by atoms with van der Waals surface area (Å²) in [4.78, 5) is 54.3. The molecule has 2 aromatic carbocycles. The van der Waals surface area contributed by atoms with Gasteiger partial charge in [0.05, 0.1) is 29.2 Å². The van der Waals surface area contributed by atoms with Crippen LogP contribution in [0.25, 0.3) is 22.4 Å². The van der Waals surface area contributed by atoms with E-state index in [4.69, 9.17) is 24.0 Å². The number of carbonyl (C=O) groups excluding carboxylic acids is 2. The summed E-state index contributed by atoms with van der Waals surface area (Å²) in [5.41, 5.74) is 4.60. The van der Waals surface area contributed by atoms with Crippen LogP contribution in [-0.2, 0) is 27.8 Å². The zero-order valence-electron chi connectivity index (χ0n) is 27.7. The Hall–Kier alpha value is -4.75. The molecule has 2 aromatic heterocycles. The minimum absolute atomic E-state index is 0.274. The van der Waals surface area contributed by atoms with E-state index in [0.717, 1.165) is 25.0 Å². The van der Waals surface area contributed by atoms with Crippen LogP contribution >= 0.6 is 0 Å². The summed E-state index contributed by atoms with van der Waals surface area (Å²) in [6.07, 6.45) is 3.01. The molecule has 0 bridgehead atoms. The van der Waals surface area contributed by atoms with Gasteiger partial charge in [0.15, 0.2) is 11.8 Å². The second kappa shape index (κ2) is 14.3. The number of benzene rings is 2. The van der Waals surface area contributed by atoms with Crippen LogP contribution in [0.15, 0.2) is 47.3 Å². The van der Waals surface area contributed by atoms with Crippen LogP contribution in [0.4, 0.5) is 16.2 Å². The van der Waals surface area contributed by atoms with Gasteiger partial charge in [0.25, 0.3) is 11.5 Å². The van der Waals surface area contributed by atoms with Crippen LogP contribution in [-0.4, -0.2) is 56.9 Å². The number of aromatic nitrogens is 4. The molecule has 0 aliphatic carbocycles. The first-order chi connectivity index (χ1) is 22.5. The molecule has 4 aromatic rings. The number of hydrogen-bond acceptors (Lipinski definition) is 9. The molecule has 1 aliphatic rings. The van der Waals surface area contributed by atoms with Gasteiger partial charge in [-0.3, -0.25) is 14.3 Å². The minimum Gasteiger partial charge on any atom is -0.493 e. The largest absolute Gasteiger partial charge is 0.493 e. The predicted molar refractivity (Wildman–Crippen MR) is 177 cm³/mol. The summed E-state index contributed by atoms with van der Waals surface area (Å²) in [5, 5.41) is 4.52. The molecule has 5 rings (SSSR count). The molecule has 1 fully saturated rings. The van der Waals surface area contributed by atoms with E-state index in [1.165, 1.54) is 4.90 Å². The maximum atomic E-state index is 13.7. The van der Waals surface area contributed by atoms with Crippen molar-refractivity contribution in [2.45, 2.75) is 78.6 Å². The van der Waals surface area contributed by atoms with Crippen molar-refractivity contribution < 1.29 is 28.6 Å². The van der Waals surface area contributed by atoms with Gasteiger partial charge >= 0.3 is 6.09 Å². The summed E-state index contributed by atoms with van der Waals surface area (Å²) >= 11 is 0. The van der Waals surface area contributed by atoms with E-state index in [0.29, 0.717) is 65.3 Å². The highest BCUT2D eigenvalue weighted by Gasteiger charge is 2.27. The van der Waals surface area contributed by atoms with Crippen molar-refractivity contribution >= 4 is 34.4 Å². The van der Waals surface area contributed by atoms with E-state index >= 15 is 0 Å². The van der Waals surface area contributed by atoms with Gasteiger partial charge in [-0.2, -0.15) is 5.10 Å². The van der Waals surface area contributed by atoms with E-state index in [1.807, 2.05) is 13.8 Å². The van der Waals surface area contributed by atoms with Gasteiger partial charge in [-0.25, -0.2) is 25.0 Å². The first-order valence-corrected chi connectivity index (χ1v) is 15.9. The standard InChI is InChI=1S/C34H42N6O7/c1-7-11-25-28-29(39(6)37-25)32(42)36-30(35-28)24-20-23(17-18-26(24)44-8-2)40(33(43)46-34(3,4)5)22-15-13-21(14-16-22)31(41)38-47-27-12-9-10-19-45-27/h13-18,20,27H,7-12,19H2,1-6H3,(H,38,41)(H,35,36,42). The third kappa shape index (κ3) is 7.80. The van der Waals surface area contributed by atoms with Crippen molar-refractivity contribution in [3.8, 4) is 17.1 Å². The number of aryl methyl sites for hydroxylation is 2. The topological polar surface area (TPSA) is 150 Å². The fraction of sp³-hybridized carbons (Fsp3) is 0.441. The highest BCUT2D eigenvalue weighted by Crippen LogP contribution is 2.36. The van der Waals surface area contributed by atoms with Crippen LogP contribution in [0.2, 0.25) is 0 Å². The molecule has 3 heterocycles. The third-order valence-electron chi connectivity index (χ3n) is 7.41. The number of hydrogen-bond donors (Lipinski definition) is 2. The van der Waals surface area contributed by atoms with Crippen molar-refractivity contribution in [2.75, 3.05) is 18.1 Å². The molecule has 1 atom stereocenters. The Labute approximate surface area is 273 Å². The monoisotopic (exact) mass is 646 g/mol. The van der Waals surface area contributed by atoms with Gasteiger partial charge in [0.1, 0.15) is 22.7 Å². The summed E-state index contributed by atoms with van der Waals surface area (Å²) in [6.45, 7) is 10.2. The molecular formula is C34H42N6O7. The lowest BCUT2D eigenvalue weighted by molar-refractivity contribution is -0.186. The van der Waals surface area contributed by atoms with E-state index in [9.17, 15) is 14.4 Å². The molecule has 2 N–H and O–H groups in total. The number of hydroxylamine groups is 1. The molecular weight excluding hydrogens is 604 g/mol. The van der Waals surface area contributed by atoms with Crippen LogP contribution in [0.3, 0.4) is 0 Å². The molecule has 0 spiro atoms. The number of rotatable bonds is 10. The zero-order chi connectivity index (χ0) is 33.7. The maximum absolute atomic E-state index is 13.7. The molecule has 47 heavy (non-hydrogen) atoms. The van der Waals surface area contributed by atoms with Crippen LogP contribution in [0.1, 0.15) is 76.4 Å². The first-order valence-electron chi connectivity index (χ1n) is 15.9. The fourth-order valence-electron chi connectivity index (χ4n) is 5.31. The fourth-order valence-corrected chi connectivity index (χ4v) is 5.31. The van der Waals surface area contributed by atoms with Crippen molar-refractivity contribution in [2.24, 2.45) is 7.05 Å². The smallest absolute Gasteiger partial charge is 0.419 e. The van der Waals surface area contributed by atoms with E-state index in [-0.39, 0.29) is 11.4 Å². The Balaban J connectivity index is 1.53. The molecule has 1 saturated heterocycles. The van der Waals surface area contributed by atoms with Gasteiger partial charge in [0.2, 0.25) is 0 Å². The second-order valence-corrected chi connectivity index (χ2v) is 12.3. The van der Waals surface area contributed by atoms with Gasteiger partial charge in [0, 0.05) is 25.6 Å². The number of nitrogens with one attached hydrogen (secondary N) is 2. The maximum Gasteiger partial charge on any atom is 0.419 e. The molecule has 1 unspecified atom stereocenters. The highest BCUT2D eigenvalue weighted by atomic mass is 16.8. The molecule has 250 valence electrons. The van der Waals surface area contributed by atoms with Crippen LogP contribution < -0.4 is 20.7 Å². The Morgan fingerprint density at radius 3 is 2.51 bits per heavy atom. The summed E-state index contributed by atoms with van der Waals surface area (Å²) in [7, 11) is 1.72. The van der Waals surface area contributed by atoms with Gasteiger partial charge in [-0.1, -0.05) is 13.3 Å². The lowest BCUT2D eigenvalue weighted by Gasteiger charge is -2.28. The number of anilines is 2. The van der Waals surface area contributed by atoms with Gasteiger partial charge in [-0.15, -0.1) is 0 Å². The van der Waals surface area contributed by atoms with Crippen LogP contribution in [0.5, 0.6) is 5.75 Å². The number of amides is 2. The average molecular weight is 647 g/mol. The Kier molecular flexibility index (Phi) is 10.3. The Morgan fingerprint density at radius 1 is 1.11 bits per heavy atom. The molecule has 13 heteroatoms. The number of aromatic amines is 1.